The molecule has 0 bridgehead atoms. The van der Waals surface area contributed by atoms with Crippen LogP contribution in [-0.4, -0.2) is 15.5 Å². The first kappa shape index (κ1) is 21.9. The number of rotatable bonds is 7. The van der Waals surface area contributed by atoms with Crippen molar-refractivity contribution in [2.24, 2.45) is 0 Å². The summed E-state index contributed by atoms with van der Waals surface area (Å²) in [4.78, 5) is 41.3. The number of nitrogen functional groups attached to an aromatic ring is 1. The van der Waals surface area contributed by atoms with Crippen LogP contribution in [0.3, 0.4) is 0 Å². The van der Waals surface area contributed by atoms with Crippen molar-refractivity contribution < 1.29 is 13.6 Å². The van der Waals surface area contributed by atoms with Crippen LogP contribution in [0, 0.1) is 11.6 Å². The largest absolute Gasteiger partial charge is 0.383 e. The van der Waals surface area contributed by atoms with Crippen LogP contribution >= 0.6 is 0 Å². The van der Waals surface area contributed by atoms with Crippen molar-refractivity contribution in [1.82, 2.24) is 9.55 Å². The molecule has 0 unspecified atom stereocenters. The number of benzene rings is 2. The topological polar surface area (TPSA) is 101 Å². The molecule has 0 saturated heterocycles. The van der Waals surface area contributed by atoms with Crippen LogP contribution in [0.1, 0.15) is 35.7 Å². The van der Waals surface area contributed by atoms with Crippen LogP contribution in [0.2, 0.25) is 0 Å². The fourth-order valence-corrected chi connectivity index (χ4v) is 3.20. The number of nitrogens with zero attached hydrogens (tertiary/aromatic N) is 2. The predicted molar refractivity (Wildman–Crippen MR) is 114 cm³/mol. The summed E-state index contributed by atoms with van der Waals surface area (Å²) < 4.78 is 29.3. The highest BCUT2D eigenvalue weighted by molar-refractivity contribution is 6.07. The Morgan fingerprint density at radius 2 is 1.84 bits per heavy atom. The molecule has 0 aliphatic heterocycles. The quantitative estimate of drug-likeness (QED) is 0.604. The summed E-state index contributed by atoms with van der Waals surface area (Å²) in [6.07, 6.45) is 1.38. The Kier molecular flexibility index (Phi) is 6.64. The first-order chi connectivity index (χ1) is 14.8. The molecule has 0 spiro atoms. The van der Waals surface area contributed by atoms with Crippen molar-refractivity contribution in [1.29, 1.82) is 0 Å². The SMILES string of the molecule is CCCCn1c(N)c(N(Cc2ccccc2)C(=O)c2cc(F)ccc2F)c(=O)[nH]c1=O. The Bertz CT molecular complexity index is 1210. The van der Waals surface area contributed by atoms with E-state index in [1.165, 1.54) is 0 Å². The molecule has 0 atom stereocenters. The van der Waals surface area contributed by atoms with E-state index in [1.54, 1.807) is 30.3 Å². The van der Waals surface area contributed by atoms with E-state index in [2.05, 4.69) is 4.98 Å². The molecule has 31 heavy (non-hydrogen) atoms. The summed E-state index contributed by atoms with van der Waals surface area (Å²) in [7, 11) is 0. The first-order valence-electron chi connectivity index (χ1n) is 9.77. The Hall–Kier alpha value is -3.75. The minimum atomic E-state index is -0.959. The average Bonchev–Trinajstić information content (AvgIpc) is 2.74. The number of hydrogen-bond donors (Lipinski definition) is 2. The summed E-state index contributed by atoms with van der Waals surface area (Å²) in [5, 5.41) is 0. The van der Waals surface area contributed by atoms with Gasteiger partial charge in [0.05, 0.1) is 12.1 Å². The zero-order valence-corrected chi connectivity index (χ0v) is 16.9. The molecule has 1 heterocycles. The van der Waals surface area contributed by atoms with Gasteiger partial charge in [-0.3, -0.25) is 24.0 Å². The van der Waals surface area contributed by atoms with Crippen LogP contribution < -0.4 is 21.9 Å². The maximum atomic E-state index is 14.4. The number of aromatic amines is 1. The van der Waals surface area contributed by atoms with Crippen LogP contribution in [0.5, 0.6) is 0 Å². The molecule has 0 aliphatic carbocycles. The summed E-state index contributed by atoms with van der Waals surface area (Å²) in [6.45, 7) is 2.01. The first-order valence-corrected chi connectivity index (χ1v) is 9.77. The van der Waals surface area contributed by atoms with Crippen molar-refractivity contribution in [2.75, 3.05) is 10.6 Å². The fourth-order valence-electron chi connectivity index (χ4n) is 3.20. The Labute approximate surface area is 176 Å². The number of nitrogens with one attached hydrogen (secondary N) is 1. The molecule has 0 saturated carbocycles. The second kappa shape index (κ2) is 9.38. The van der Waals surface area contributed by atoms with Gasteiger partial charge in [-0.15, -0.1) is 0 Å². The smallest absolute Gasteiger partial charge is 0.330 e. The standard InChI is InChI=1S/C22H22F2N4O3/c1-2-3-11-27-19(25)18(20(29)26-22(27)31)28(13-14-7-5-4-6-8-14)21(30)16-12-15(23)9-10-17(16)24/h4-10,12H,2-3,11,13,25H2,1H3,(H,26,29,31). The highest BCUT2D eigenvalue weighted by atomic mass is 19.1. The summed E-state index contributed by atoms with van der Waals surface area (Å²) >= 11 is 0. The normalized spacial score (nSPS) is 10.8. The maximum absolute atomic E-state index is 14.4. The van der Waals surface area contributed by atoms with Gasteiger partial charge in [0.1, 0.15) is 17.5 Å². The molecular weight excluding hydrogens is 406 g/mol. The molecule has 162 valence electrons. The number of anilines is 2. The number of halogens is 2. The lowest BCUT2D eigenvalue weighted by Crippen LogP contribution is -2.41. The van der Waals surface area contributed by atoms with E-state index in [0.717, 1.165) is 34.1 Å². The van der Waals surface area contributed by atoms with Gasteiger partial charge in [-0.1, -0.05) is 43.7 Å². The molecular formula is C22H22F2N4O3. The molecule has 9 heteroatoms. The minimum Gasteiger partial charge on any atom is -0.383 e. The van der Waals surface area contributed by atoms with E-state index in [-0.39, 0.29) is 24.6 Å². The van der Waals surface area contributed by atoms with Crippen molar-refractivity contribution in [2.45, 2.75) is 32.9 Å². The van der Waals surface area contributed by atoms with E-state index in [0.29, 0.717) is 12.0 Å². The number of unbranched alkanes of at least 4 members (excludes halogenated alkanes) is 1. The van der Waals surface area contributed by atoms with Gasteiger partial charge in [0.15, 0.2) is 5.69 Å². The number of H-pyrrole nitrogens is 1. The third kappa shape index (κ3) is 4.71. The molecule has 2 aromatic carbocycles. The van der Waals surface area contributed by atoms with Gasteiger partial charge in [-0.2, -0.15) is 0 Å². The molecule has 0 radical (unpaired) electrons. The summed E-state index contributed by atoms with van der Waals surface area (Å²) in [5.41, 5.74) is 4.32. The fraction of sp³-hybridized carbons (Fsp3) is 0.227. The van der Waals surface area contributed by atoms with Crippen molar-refractivity contribution in [3.8, 4) is 0 Å². The zero-order valence-electron chi connectivity index (χ0n) is 16.9. The van der Waals surface area contributed by atoms with Crippen LogP contribution in [0.25, 0.3) is 0 Å². The number of carbonyl (C=O) groups excluding carboxylic acids is 1. The van der Waals surface area contributed by atoms with Gasteiger partial charge in [0.25, 0.3) is 11.5 Å². The van der Waals surface area contributed by atoms with Crippen LogP contribution in [-0.2, 0) is 13.1 Å². The molecule has 1 amide bonds. The van der Waals surface area contributed by atoms with E-state index in [4.69, 9.17) is 5.73 Å². The van der Waals surface area contributed by atoms with Crippen LogP contribution in [0.15, 0.2) is 58.1 Å². The van der Waals surface area contributed by atoms with Crippen molar-refractivity contribution in [3.05, 3.63) is 92.1 Å². The monoisotopic (exact) mass is 428 g/mol. The molecule has 3 aromatic rings. The predicted octanol–water partition coefficient (Wildman–Crippen LogP) is 3.04. The van der Waals surface area contributed by atoms with Gasteiger partial charge < -0.3 is 5.73 Å². The number of hydrogen-bond acceptors (Lipinski definition) is 4. The number of carbonyl (C=O) groups is 1. The van der Waals surface area contributed by atoms with Gasteiger partial charge >= 0.3 is 5.69 Å². The second-order valence-electron chi connectivity index (χ2n) is 7.00. The second-order valence-corrected chi connectivity index (χ2v) is 7.00. The molecule has 7 nitrogen and oxygen atoms in total. The highest BCUT2D eigenvalue weighted by Crippen LogP contribution is 2.23. The van der Waals surface area contributed by atoms with E-state index < -0.39 is 34.4 Å². The number of nitrogens with two attached hydrogens (primary N) is 1. The van der Waals surface area contributed by atoms with E-state index in [9.17, 15) is 23.2 Å². The van der Waals surface area contributed by atoms with Gasteiger partial charge in [-0.25, -0.2) is 13.6 Å². The molecule has 3 rings (SSSR count). The highest BCUT2D eigenvalue weighted by Gasteiger charge is 2.27. The van der Waals surface area contributed by atoms with Crippen molar-refractivity contribution >= 4 is 17.4 Å². The molecule has 3 N–H and O–H groups in total. The van der Waals surface area contributed by atoms with Gasteiger partial charge in [0.2, 0.25) is 0 Å². The summed E-state index contributed by atoms with van der Waals surface area (Å²) in [5.74, 6) is -2.93. The zero-order chi connectivity index (χ0) is 22.5. The van der Waals surface area contributed by atoms with Gasteiger partial charge in [0, 0.05) is 6.54 Å². The van der Waals surface area contributed by atoms with E-state index in [1.807, 2.05) is 6.92 Å². The lowest BCUT2D eigenvalue weighted by molar-refractivity contribution is 0.0980. The molecule has 0 fully saturated rings. The maximum Gasteiger partial charge on any atom is 0.330 e. The number of amides is 1. The minimum absolute atomic E-state index is 0.144. The number of aromatic nitrogens is 2. The van der Waals surface area contributed by atoms with Crippen molar-refractivity contribution in [3.63, 3.8) is 0 Å². The Morgan fingerprint density at radius 3 is 2.52 bits per heavy atom. The van der Waals surface area contributed by atoms with E-state index >= 15 is 0 Å². The molecule has 0 aliphatic rings. The third-order valence-electron chi connectivity index (χ3n) is 4.81. The third-order valence-corrected chi connectivity index (χ3v) is 4.81. The lowest BCUT2D eigenvalue weighted by atomic mass is 10.1. The lowest BCUT2D eigenvalue weighted by Gasteiger charge is -2.25. The van der Waals surface area contributed by atoms with Crippen LogP contribution in [0.4, 0.5) is 20.3 Å². The Balaban J connectivity index is 2.19. The Morgan fingerprint density at radius 1 is 1.13 bits per heavy atom. The molecule has 1 aromatic heterocycles. The summed E-state index contributed by atoms with van der Waals surface area (Å²) in [6, 6.07) is 11.1. The average molecular weight is 428 g/mol. The van der Waals surface area contributed by atoms with Gasteiger partial charge in [-0.05, 0) is 30.2 Å².